The van der Waals surface area contributed by atoms with Crippen LogP contribution in [0.3, 0.4) is 0 Å². The number of anilines is 1. The van der Waals surface area contributed by atoms with E-state index in [1.54, 1.807) is 11.1 Å². The summed E-state index contributed by atoms with van der Waals surface area (Å²) in [4.78, 5) is 13.6. The van der Waals surface area contributed by atoms with Gasteiger partial charge in [-0.1, -0.05) is 18.2 Å². The van der Waals surface area contributed by atoms with E-state index in [9.17, 15) is 4.79 Å². The monoisotopic (exact) mass is 275 g/mol. The maximum Gasteiger partial charge on any atom is 0.242 e. The molecule has 3 rings (SSSR count). The van der Waals surface area contributed by atoms with Crippen LogP contribution in [0.4, 0.5) is 5.69 Å². The summed E-state index contributed by atoms with van der Waals surface area (Å²) in [6, 6.07) is 9.95. The molecule has 1 aliphatic heterocycles. The van der Waals surface area contributed by atoms with Gasteiger partial charge in [-0.15, -0.1) is 11.6 Å². The van der Waals surface area contributed by atoms with Crippen molar-refractivity contribution < 1.29 is 4.79 Å². The van der Waals surface area contributed by atoms with Gasteiger partial charge in [0.15, 0.2) is 0 Å². The number of aromatic nitrogens is 2. The largest absolute Gasteiger partial charge is 0.308 e. The Balaban J connectivity index is 2.03. The third-order valence-electron chi connectivity index (χ3n) is 3.35. The summed E-state index contributed by atoms with van der Waals surface area (Å²) in [7, 11) is 0. The molecule has 2 heterocycles. The summed E-state index contributed by atoms with van der Waals surface area (Å²) < 4.78 is 1.91. The van der Waals surface area contributed by atoms with Crippen LogP contribution in [0.25, 0.3) is 5.69 Å². The molecule has 0 saturated heterocycles. The van der Waals surface area contributed by atoms with Crippen LogP contribution in [0.2, 0.25) is 0 Å². The molecule has 0 N–H and O–H groups in total. The Labute approximate surface area is 116 Å². The van der Waals surface area contributed by atoms with Gasteiger partial charge in [-0.3, -0.25) is 4.79 Å². The van der Waals surface area contributed by atoms with Gasteiger partial charge < -0.3 is 4.90 Å². The van der Waals surface area contributed by atoms with Crippen molar-refractivity contribution in [3.63, 3.8) is 0 Å². The third-order valence-corrected chi connectivity index (χ3v) is 3.58. The second-order valence-corrected chi connectivity index (χ2v) is 4.77. The minimum absolute atomic E-state index is 0.00988. The second kappa shape index (κ2) is 5.05. The number of rotatable bonds is 2. The standard InChI is InChI=1S/C14H14ClN3O/c15-9-14(19)17-8-4-7-12-13(17)10-16-18(12)11-5-2-1-3-6-11/h1-3,5-6,10H,4,7-9H2. The zero-order valence-electron chi connectivity index (χ0n) is 10.4. The van der Waals surface area contributed by atoms with E-state index in [2.05, 4.69) is 5.10 Å². The van der Waals surface area contributed by atoms with Gasteiger partial charge in [0, 0.05) is 6.54 Å². The Morgan fingerprint density at radius 2 is 2.11 bits per heavy atom. The molecule has 0 atom stereocenters. The minimum atomic E-state index is -0.0600. The molecule has 0 fully saturated rings. The van der Waals surface area contributed by atoms with E-state index in [1.165, 1.54) is 0 Å². The lowest BCUT2D eigenvalue weighted by Gasteiger charge is -2.26. The van der Waals surface area contributed by atoms with Gasteiger partial charge in [-0.2, -0.15) is 5.10 Å². The van der Waals surface area contributed by atoms with E-state index in [-0.39, 0.29) is 11.8 Å². The fourth-order valence-electron chi connectivity index (χ4n) is 2.47. The Kier molecular flexibility index (Phi) is 3.25. The molecule has 1 aromatic heterocycles. The van der Waals surface area contributed by atoms with Crippen molar-refractivity contribution in [3.05, 3.63) is 42.2 Å². The molecule has 0 radical (unpaired) electrons. The van der Waals surface area contributed by atoms with E-state index < -0.39 is 0 Å². The Hall–Kier alpha value is -1.81. The summed E-state index contributed by atoms with van der Waals surface area (Å²) in [5, 5.41) is 4.41. The average Bonchev–Trinajstić information content (AvgIpc) is 2.91. The number of nitrogens with zero attached hydrogens (tertiary/aromatic N) is 3. The first kappa shape index (κ1) is 12.2. The summed E-state index contributed by atoms with van der Waals surface area (Å²) in [5.41, 5.74) is 2.99. The Morgan fingerprint density at radius 1 is 1.32 bits per heavy atom. The van der Waals surface area contributed by atoms with Crippen LogP contribution in [0.15, 0.2) is 36.5 Å². The second-order valence-electron chi connectivity index (χ2n) is 4.51. The third kappa shape index (κ3) is 2.12. The van der Waals surface area contributed by atoms with E-state index in [1.807, 2.05) is 35.0 Å². The molecule has 0 aliphatic carbocycles. The zero-order valence-corrected chi connectivity index (χ0v) is 11.2. The molecule has 2 aromatic rings. The van der Waals surface area contributed by atoms with Crippen molar-refractivity contribution in [1.82, 2.24) is 9.78 Å². The Bertz CT molecular complexity index is 594. The predicted molar refractivity (Wildman–Crippen MR) is 75.0 cm³/mol. The number of carbonyl (C=O) groups excluding carboxylic acids is 1. The van der Waals surface area contributed by atoms with Gasteiger partial charge in [0.1, 0.15) is 5.88 Å². The molecule has 0 saturated carbocycles. The van der Waals surface area contributed by atoms with Crippen LogP contribution < -0.4 is 4.90 Å². The molecule has 1 amide bonds. The normalized spacial score (nSPS) is 14.3. The highest BCUT2D eigenvalue weighted by Crippen LogP contribution is 2.28. The van der Waals surface area contributed by atoms with Crippen LogP contribution in [-0.2, 0) is 11.2 Å². The van der Waals surface area contributed by atoms with Crippen molar-refractivity contribution >= 4 is 23.2 Å². The molecular formula is C14H14ClN3O. The summed E-state index contributed by atoms with van der Waals surface area (Å²) in [6.45, 7) is 0.721. The lowest BCUT2D eigenvalue weighted by atomic mass is 10.1. The van der Waals surface area contributed by atoms with Gasteiger partial charge in [-0.05, 0) is 25.0 Å². The molecule has 98 valence electrons. The minimum Gasteiger partial charge on any atom is -0.308 e. The number of para-hydroxylation sites is 1. The number of halogens is 1. The highest BCUT2D eigenvalue weighted by atomic mass is 35.5. The number of hydrogen-bond donors (Lipinski definition) is 0. The number of benzene rings is 1. The first-order valence-electron chi connectivity index (χ1n) is 6.30. The SMILES string of the molecule is O=C(CCl)N1CCCc2c1cnn2-c1ccccc1. The summed E-state index contributed by atoms with van der Waals surface area (Å²) >= 11 is 5.66. The number of carbonyl (C=O) groups is 1. The van der Waals surface area contributed by atoms with E-state index in [0.717, 1.165) is 36.5 Å². The zero-order chi connectivity index (χ0) is 13.2. The average molecular weight is 276 g/mol. The van der Waals surface area contributed by atoms with Crippen molar-refractivity contribution in [3.8, 4) is 5.69 Å². The van der Waals surface area contributed by atoms with Crippen LogP contribution in [0.1, 0.15) is 12.1 Å². The van der Waals surface area contributed by atoms with E-state index >= 15 is 0 Å². The topological polar surface area (TPSA) is 38.1 Å². The summed E-state index contributed by atoms with van der Waals surface area (Å²) in [6.07, 6.45) is 3.62. The number of alkyl halides is 1. The first-order valence-corrected chi connectivity index (χ1v) is 6.83. The van der Waals surface area contributed by atoms with Crippen molar-refractivity contribution in [2.75, 3.05) is 17.3 Å². The van der Waals surface area contributed by atoms with Crippen molar-refractivity contribution in [1.29, 1.82) is 0 Å². The number of amides is 1. The molecule has 1 aliphatic rings. The van der Waals surface area contributed by atoms with Gasteiger partial charge >= 0.3 is 0 Å². The van der Waals surface area contributed by atoms with Gasteiger partial charge in [0.2, 0.25) is 5.91 Å². The smallest absolute Gasteiger partial charge is 0.242 e. The Morgan fingerprint density at radius 3 is 2.84 bits per heavy atom. The fourth-order valence-corrected chi connectivity index (χ4v) is 2.62. The van der Waals surface area contributed by atoms with Crippen LogP contribution in [0.5, 0.6) is 0 Å². The maximum atomic E-state index is 11.8. The molecule has 4 nitrogen and oxygen atoms in total. The van der Waals surface area contributed by atoms with Crippen molar-refractivity contribution in [2.45, 2.75) is 12.8 Å². The van der Waals surface area contributed by atoms with Crippen LogP contribution >= 0.6 is 11.6 Å². The van der Waals surface area contributed by atoms with Crippen LogP contribution in [0, 0.1) is 0 Å². The van der Waals surface area contributed by atoms with Crippen molar-refractivity contribution in [2.24, 2.45) is 0 Å². The molecule has 0 spiro atoms. The predicted octanol–water partition coefficient (Wildman–Crippen LogP) is 2.39. The van der Waals surface area contributed by atoms with E-state index in [0.29, 0.717) is 0 Å². The lowest BCUT2D eigenvalue weighted by molar-refractivity contribution is -0.116. The molecule has 19 heavy (non-hydrogen) atoms. The van der Waals surface area contributed by atoms with Crippen LogP contribution in [-0.4, -0.2) is 28.1 Å². The molecule has 0 bridgehead atoms. The molecule has 0 unspecified atom stereocenters. The number of fused-ring (bicyclic) bond motifs is 1. The highest BCUT2D eigenvalue weighted by Gasteiger charge is 2.25. The fraction of sp³-hybridized carbons (Fsp3) is 0.286. The lowest BCUT2D eigenvalue weighted by Crippen LogP contribution is -2.36. The quantitative estimate of drug-likeness (QED) is 0.790. The number of hydrogen-bond acceptors (Lipinski definition) is 2. The van der Waals surface area contributed by atoms with E-state index in [4.69, 9.17) is 11.6 Å². The summed E-state index contributed by atoms with van der Waals surface area (Å²) in [5.74, 6) is -0.0501. The maximum absolute atomic E-state index is 11.8. The first-order chi connectivity index (χ1) is 9.31. The van der Waals surface area contributed by atoms with Gasteiger partial charge in [0.25, 0.3) is 0 Å². The van der Waals surface area contributed by atoms with Gasteiger partial charge in [0.05, 0.1) is 23.3 Å². The van der Waals surface area contributed by atoms with Gasteiger partial charge in [-0.25, -0.2) is 4.68 Å². The molecule has 5 heteroatoms. The molecular weight excluding hydrogens is 262 g/mol. The molecule has 1 aromatic carbocycles. The highest BCUT2D eigenvalue weighted by molar-refractivity contribution is 6.29.